The van der Waals surface area contributed by atoms with Gasteiger partial charge < -0.3 is 4.90 Å². The van der Waals surface area contributed by atoms with Gasteiger partial charge in [0, 0.05) is 13.6 Å². The van der Waals surface area contributed by atoms with Gasteiger partial charge in [-0.3, -0.25) is 4.79 Å². The van der Waals surface area contributed by atoms with Gasteiger partial charge in [-0.05, 0) is 12.8 Å². The van der Waals surface area contributed by atoms with E-state index in [0.29, 0.717) is 0 Å². The SMILES string of the molecule is CCCCCCCCCCCC=CCN(C)C=O. The van der Waals surface area contributed by atoms with Gasteiger partial charge in [0.25, 0.3) is 0 Å². The zero-order valence-corrected chi connectivity index (χ0v) is 12.4. The maximum absolute atomic E-state index is 10.3. The second-order valence-corrected chi connectivity index (χ2v) is 5.13. The average Bonchev–Trinajstić information content (AvgIpc) is 2.39. The van der Waals surface area contributed by atoms with E-state index in [0.717, 1.165) is 19.4 Å². The summed E-state index contributed by atoms with van der Waals surface area (Å²) in [6.45, 7) is 3.00. The molecule has 0 saturated heterocycles. The number of rotatable bonds is 13. The van der Waals surface area contributed by atoms with Gasteiger partial charge in [0.15, 0.2) is 0 Å². The van der Waals surface area contributed by atoms with Crippen molar-refractivity contribution >= 4 is 6.41 Å². The third-order valence-electron chi connectivity index (χ3n) is 3.21. The summed E-state index contributed by atoms with van der Waals surface area (Å²) in [5.74, 6) is 0. The monoisotopic (exact) mass is 253 g/mol. The molecular weight excluding hydrogens is 222 g/mol. The number of nitrogens with zero attached hydrogens (tertiary/aromatic N) is 1. The van der Waals surface area contributed by atoms with E-state index in [1.807, 2.05) is 0 Å². The quantitative estimate of drug-likeness (QED) is 0.268. The molecule has 0 saturated carbocycles. The zero-order valence-electron chi connectivity index (χ0n) is 12.4. The molecule has 0 heterocycles. The summed E-state index contributed by atoms with van der Waals surface area (Å²) in [5.41, 5.74) is 0. The Bertz CT molecular complexity index is 201. The summed E-state index contributed by atoms with van der Waals surface area (Å²) in [6, 6.07) is 0. The van der Waals surface area contributed by atoms with E-state index in [1.165, 1.54) is 57.8 Å². The van der Waals surface area contributed by atoms with Crippen LogP contribution < -0.4 is 0 Å². The minimum absolute atomic E-state index is 0.737. The smallest absolute Gasteiger partial charge is 0.209 e. The van der Waals surface area contributed by atoms with Crippen LogP contribution in [-0.2, 0) is 4.79 Å². The minimum atomic E-state index is 0.737. The van der Waals surface area contributed by atoms with Crippen LogP contribution in [0.2, 0.25) is 0 Å². The van der Waals surface area contributed by atoms with Crippen molar-refractivity contribution in [2.24, 2.45) is 0 Å². The van der Waals surface area contributed by atoms with Crippen molar-refractivity contribution in [2.45, 2.75) is 71.1 Å². The second-order valence-electron chi connectivity index (χ2n) is 5.13. The summed E-state index contributed by atoms with van der Waals surface area (Å²) >= 11 is 0. The largest absolute Gasteiger partial charge is 0.345 e. The summed E-state index contributed by atoms with van der Waals surface area (Å²) < 4.78 is 0. The number of carbonyl (C=O) groups is 1. The van der Waals surface area contributed by atoms with E-state index < -0.39 is 0 Å². The summed E-state index contributed by atoms with van der Waals surface area (Å²) in [6.07, 6.45) is 18.7. The van der Waals surface area contributed by atoms with E-state index in [9.17, 15) is 4.79 Å². The summed E-state index contributed by atoms with van der Waals surface area (Å²) in [4.78, 5) is 12.0. The highest BCUT2D eigenvalue weighted by atomic mass is 16.1. The van der Waals surface area contributed by atoms with Gasteiger partial charge >= 0.3 is 0 Å². The molecule has 0 aromatic rings. The lowest BCUT2D eigenvalue weighted by atomic mass is 10.1. The van der Waals surface area contributed by atoms with Crippen LogP contribution in [-0.4, -0.2) is 24.9 Å². The molecule has 0 aromatic heterocycles. The highest BCUT2D eigenvalue weighted by Gasteiger charge is 1.91. The van der Waals surface area contributed by atoms with Gasteiger partial charge in [0.2, 0.25) is 6.41 Å². The van der Waals surface area contributed by atoms with Crippen LogP contribution in [0.5, 0.6) is 0 Å². The van der Waals surface area contributed by atoms with Crippen LogP contribution in [0.25, 0.3) is 0 Å². The molecule has 0 aliphatic heterocycles. The lowest BCUT2D eigenvalue weighted by Gasteiger charge is -2.04. The van der Waals surface area contributed by atoms with Crippen LogP contribution in [0.4, 0.5) is 0 Å². The Balaban J connectivity index is 3.09. The Kier molecular flexibility index (Phi) is 13.6. The van der Waals surface area contributed by atoms with Gasteiger partial charge in [-0.15, -0.1) is 0 Å². The molecule has 0 atom stereocenters. The Morgan fingerprint density at radius 1 is 0.833 bits per heavy atom. The standard InChI is InChI=1S/C16H31NO/c1-3-4-5-6-7-8-9-10-11-12-13-14-15-17(2)16-18/h13-14,16H,3-12,15H2,1-2H3. The van der Waals surface area contributed by atoms with E-state index in [2.05, 4.69) is 19.1 Å². The first-order valence-electron chi connectivity index (χ1n) is 7.61. The van der Waals surface area contributed by atoms with Gasteiger partial charge in [0.1, 0.15) is 0 Å². The molecule has 0 radical (unpaired) electrons. The molecule has 0 aliphatic rings. The maximum Gasteiger partial charge on any atom is 0.209 e. The molecule has 0 rings (SSSR count). The molecule has 106 valence electrons. The fraction of sp³-hybridized carbons (Fsp3) is 0.812. The summed E-state index contributed by atoms with van der Waals surface area (Å²) in [5, 5.41) is 0. The van der Waals surface area contributed by atoms with Gasteiger partial charge in [-0.1, -0.05) is 70.4 Å². The number of carbonyl (C=O) groups excluding carboxylic acids is 1. The Labute approximate surface area is 113 Å². The van der Waals surface area contributed by atoms with Crippen LogP contribution in [0, 0.1) is 0 Å². The molecule has 2 nitrogen and oxygen atoms in total. The Morgan fingerprint density at radius 2 is 1.39 bits per heavy atom. The molecule has 0 aliphatic carbocycles. The highest BCUT2D eigenvalue weighted by molar-refractivity contribution is 5.46. The average molecular weight is 253 g/mol. The first-order chi connectivity index (χ1) is 8.81. The molecule has 0 aromatic carbocycles. The van der Waals surface area contributed by atoms with Crippen molar-refractivity contribution in [3.05, 3.63) is 12.2 Å². The highest BCUT2D eigenvalue weighted by Crippen LogP contribution is 2.10. The molecule has 0 spiro atoms. The maximum atomic E-state index is 10.3. The van der Waals surface area contributed by atoms with E-state index in [1.54, 1.807) is 11.9 Å². The van der Waals surface area contributed by atoms with Gasteiger partial charge in [-0.25, -0.2) is 0 Å². The zero-order chi connectivity index (χ0) is 13.5. The van der Waals surface area contributed by atoms with Gasteiger partial charge in [-0.2, -0.15) is 0 Å². The van der Waals surface area contributed by atoms with Crippen LogP contribution in [0.15, 0.2) is 12.2 Å². The summed E-state index contributed by atoms with van der Waals surface area (Å²) in [7, 11) is 1.80. The van der Waals surface area contributed by atoms with Crippen molar-refractivity contribution in [1.29, 1.82) is 0 Å². The van der Waals surface area contributed by atoms with Crippen molar-refractivity contribution in [2.75, 3.05) is 13.6 Å². The predicted molar refractivity (Wildman–Crippen MR) is 79.7 cm³/mol. The molecule has 1 amide bonds. The number of unbranched alkanes of at least 4 members (excludes halogenated alkanes) is 9. The first kappa shape index (κ1) is 17.2. The Hall–Kier alpha value is -0.790. The van der Waals surface area contributed by atoms with Gasteiger partial charge in [0.05, 0.1) is 0 Å². The topological polar surface area (TPSA) is 20.3 Å². The molecule has 2 heteroatoms. The van der Waals surface area contributed by atoms with E-state index in [4.69, 9.17) is 0 Å². The van der Waals surface area contributed by atoms with E-state index in [-0.39, 0.29) is 0 Å². The lowest BCUT2D eigenvalue weighted by Crippen LogP contribution is -2.14. The Morgan fingerprint density at radius 3 is 1.94 bits per heavy atom. The predicted octanol–water partition coefficient (Wildman–Crippen LogP) is 4.55. The normalized spacial score (nSPS) is 11.0. The minimum Gasteiger partial charge on any atom is -0.345 e. The van der Waals surface area contributed by atoms with E-state index >= 15 is 0 Å². The van der Waals surface area contributed by atoms with Crippen molar-refractivity contribution in [1.82, 2.24) is 4.90 Å². The third kappa shape index (κ3) is 13.3. The number of allylic oxidation sites excluding steroid dienone is 1. The van der Waals surface area contributed by atoms with Crippen LogP contribution in [0.3, 0.4) is 0 Å². The molecule has 18 heavy (non-hydrogen) atoms. The molecule has 0 unspecified atom stereocenters. The molecule has 0 bridgehead atoms. The van der Waals surface area contributed by atoms with Crippen molar-refractivity contribution in [3.63, 3.8) is 0 Å². The second kappa shape index (κ2) is 14.3. The molecule has 0 N–H and O–H groups in total. The molecule has 0 fully saturated rings. The van der Waals surface area contributed by atoms with Crippen molar-refractivity contribution in [3.8, 4) is 0 Å². The third-order valence-corrected chi connectivity index (χ3v) is 3.21. The fourth-order valence-electron chi connectivity index (χ4n) is 1.97. The number of amides is 1. The number of hydrogen-bond acceptors (Lipinski definition) is 1. The number of hydrogen-bond donors (Lipinski definition) is 0. The van der Waals surface area contributed by atoms with Crippen LogP contribution in [0.1, 0.15) is 71.1 Å². The lowest BCUT2D eigenvalue weighted by molar-refractivity contribution is -0.116. The van der Waals surface area contributed by atoms with Crippen molar-refractivity contribution < 1.29 is 4.79 Å². The molecular formula is C16H31NO. The van der Waals surface area contributed by atoms with Crippen LogP contribution >= 0.6 is 0 Å². The fourth-order valence-corrected chi connectivity index (χ4v) is 1.97. The first-order valence-corrected chi connectivity index (χ1v) is 7.61. The number of likely N-dealkylation sites (N-methyl/N-ethyl adjacent to an activating group) is 1.